The van der Waals surface area contributed by atoms with Crippen LogP contribution in [0.25, 0.3) is 0 Å². The van der Waals surface area contributed by atoms with Gasteiger partial charge in [0, 0.05) is 17.1 Å². The summed E-state index contributed by atoms with van der Waals surface area (Å²) >= 11 is 6.26. The molecular weight excluding hydrogens is 364 g/mol. The predicted molar refractivity (Wildman–Crippen MR) is 106 cm³/mol. The van der Waals surface area contributed by atoms with Gasteiger partial charge in [0.15, 0.2) is 0 Å². The Bertz CT molecular complexity index is 857. The molecule has 2 saturated heterocycles. The molecule has 2 aromatic carbocycles. The van der Waals surface area contributed by atoms with Crippen LogP contribution < -0.4 is 14.4 Å². The van der Waals surface area contributed by atoms with Gasteiger partial charge in [0.2, 0.25) is 5.91 Å². The molecule has 2 aromatic rings. The van der Waals surface area contributed by atoms with Crippen LogP contribution in [0.5, 0.6) is 11.5 Å². The highest BCUT2D eigenvalue weighted by molar-refractivity contribution is 6.31. The number of fused-ring (bicyclic) bond motifs is 1. The molecule has 0 unspecified atom stereocenters. The van der Waals surface area contributed by atoms with E-state index in [4.69, 9.17) is 21.1 Å². The number of ether oxygens (including phenoxy) is 2. The largest absolute Gasteiger partial charge is 0.495 e. The van der Waals surface area contributed by atoms with Gasteiger partial charge in [-0.2, -0.15) is 0 Å². The van der Waals surface area contributed by atoms with Crippen LogP contribution in [-0.4, -0.2) is 37.1 Å². The number of rotatable bonds is 5. The maximum atomic E-state index is 13.4. The molecule has 27 heavy (non-hydrogen) atoms. The van der Waals surface area contributed by atoms with Gasteiger partial charge in [0.05, 0.1) is 25.4 Å². The molecule has 1 amide bonds. The number of carbonyl (C=O) groups is 1. The maximum Gasteiger partial charge on any atom is 0.246 e. The molecule has 0 spiro atoms. The Morgan fingerprint density at radius 2 is 2.00 bits per heavy atom. The lowest BCUT2D eigenvalue weighted by Gasteiger charge is -2.31. The lowest BCUT2D eigenvalue weighted by molar-refractivity contribution is -0.119. The van der Waals surface area contributed by atoms with E-state index in [2.05, 4.69) is 4.90 Å². The second-order valence-corrected chi connectivity index (χ2v) is 7.20. The van der Waals surface area contributed by atoms with Crippen LogP contribution in [0.3, 0.4) is 0 Å². The number of carbonyl (C=O) groups excluding carboxylic acids is 1. The van der Waals surface area contributed by atoms with Gasteiger partial charge in [0.25, 0.3) is 0 Å². The zero-order valence-corrected chi connectivity index (χ0v) is 16.3. The molecule has 5 nitrogen and oxygen atoms in total. The predicted octanol–water partition coefficient (Wildman–Crippen LogP) is 4.26. The third kappa shape index (κ3) is 3.05. The summed E-state index contributed by atoms with van der Waals surface area (Å²) < 4.78 is 11.4. The summed E-state index contributed by atoms with van der Waals surface area (Å²) in [6, 6.07) is 13.2. The second kappa shape index (κ2) is 7.41. The smallest absolute Gasteiger partial charge is 0.246 e. The first-order valence-corrected chi connectivity index (χ1v) is 9.67. The molecule has 4 rings (SSSR count). The molecule has 0 aliphatic carbocycles. The van der Waals surface area contributed by atoms with Crippen molar-refractivity contribution in [2.24, 2.45) is 0 Å². The highest BCUT2D eigenvalue weighted by Crippen LogP contribution is 2.47. The molecule has 2 fully saturated rings. The first kappa shape index (κ1) is 18.1. The maximum absolute atomic E-state index is 13.4. The standard InChI is InChI=1S/C21H23ClN2O3/c1-3-27-18-9-5-4-7-15(18)20-23-12-6-8-16(23)21(25)24(20)17-13-14(22)10-11-19(17)26-2/h4-5,7,9-11,13,16,20H,3,6,8,12H2,1-2H3/t16-,20+/m0/s1. The lowest BCUT2D eigenvalue weighted by Crippen LogP contribution is -2.33. The second-order valence-electron chi connectivity index (χ2n) is 6.76. The molecule has 0 bridgehead atoms. The van der Waals surface area contributed by atoms with Gasteiger partial charge in [0.1, 0.15) is 17.7 Å². The van der Waals surface area contributed by atoms with Crippen LogP contribution in [-0.2, 0) is 4.79 Å². The number of para-hydroxylation sites is 1. The van der Waals surface area contributed by atoms with Crippen molar-refractivity contribution in [2.45, 2.75) is 32.0 Å². The summed E-state index contributed by atoms with van der Waals surface area (Å²) in [6.07, 6.45) is 1.65. The molecule has 2 aliphatic rings. The SMILES string of the molecule is CCOc1ccccc1[C@H]1N(c2cc(Cl)ccc2OC)C(=O)[C@@H]2CCCN21. The molecule has 0 N–H and O–H groups in total. The van der Waals surface area contributed by atoms with E-state index in [0.717, 1.165) is 30.7 Å². The number of benzene rings is 2. The highest BCUT2D eigenvalue weighted by atomic mass is 35.5. The first-order valence-electron chi connectivity index (χ1n) is 9.29. The number of nitrogens with zero attached hydrogens (tertiary/aromatic N) is 2. The number of amides is 1. The van der Waals surface area contributed by atoms with E-state index in [1.54, 1.807) is 25.3 Å². The molecule has 2 atom stereocenters. The minimum Gasteiger partial charge on any atom is -0.495 e. The molecule has 6 heteroatoms. The quantitative estimate of drug-likeness (QED) is 0.770. The van der Waals surface area contributed by atoms with E-state index in [1.165, 1.54) is 0 Å². The van der Waals surface area contributed by atoms with Gasteiger partial charge in [-0.1, -0.05) is 29.8 Å². The van der Waals surface area contributed by atoms with E-state index in [-0.39, 0.29) is 18.1 Å². The van der Waals surface area contributed by atoms with Crippen LogP contribution in [0, 0.1) is 0 Å². The van der Waals surface area contributed by atoms with Crippen LogP contribution in [0.15, 0.2) is 42.5 Å². The Kier molecular flexibility index (Phi) is 4.98. The fraction of sp³-hybridized carbons (Fsp3) is 0.381. The van der Waals surface area contributed by atoms with Crippen molar-refractivity contribution in [1.82, 2.24) is 4.90 Å². The Balaban J connectivity index is 1.87. The van der Waals surface area contributed by atoms with Gasteiger partial charge in [-0.25, -0.2) is 0 Å². The van der Waals surface area contributed by atoms with Crippen molar-refractivity contribution < 1.29 is 14.3 Å². The molecule has 2 heterocycles. The Hall–Kier alpha value is -2.24. The van der Waals surface area contributed by atoms with E-state index in [9.17, 15) is 4.79 Å². The van der Waals surface area contributed by atoms with Gasteiger partial charge in [-0.15, -0.1) is 0 Å². The number of methoxy groups -OCH3 is 1. The molecular formula is C21H23ClN2O3. The lowest BCUT2D eigenvalue weighted by atomic mass is 10.1. The summed E-state index contributed by atoms with van der Waals surface area (Å²) in [4.78, 5) is 17.5. The van der Waals surface area contributed by atoms with Gasteiger partial charge >= 0.3 is 0 Å². The zero-order chi connectivity index (χ0) is 19.0. The number of hydrogen-bond donors (Lipinski definition) is 0. The van der Waals surface area contributed by atoms with Gasteiger partial charge in [-0.3, -0.25) is 14.6 Å². The van der Waals surface area contributed by atoms with Crippen LogP contribution in [0.1, 0.15) is 31.5 Å². The molecule has 2 aliphatic heterocycles. The molecule has 142 valence electrons. The Morgan fingerprint density at radius 3 is 2.78 bits per heavy atom. The number of anilines is 1. The van der Waals surface area contributed by atoms with Crippen LogP contribution in [0.4, 0.5) is 5.69 Å². The topological polar surface area (TPSA) is 42.0 Å². The van der Waals surface area contributed by atoms with Crippen LogP contribution >= 0.6 is 11.6 Å². The number of hydrogen-bond acceptors (Lipinski definition) is 4. The summed E-state index contributed by atoms with van der Waals surface area (Å²) in [5.41, 5.74) is 1.68. The van der Waals surface area contributed by atoms with Crippen molar-refractivity contribution >= 4 is 23.2 Å². The summed E-state index contributed by atoms with van der Waals surface area (Å²) in [6.45, 7) is 3.41. The van der Waals surface area contributed by atoms with E-state index < -0.39 is 0 Å². The van der Waals surface area contributed by atoms with Crippen molar-refractivity contribution in [1.29, 1.82) is 0 Å². The first-order chi connectivity index (χ1) is 13.2. The van der Waals surface area contributed by atoms with Crippen molar-refractivity contribution in [3.05, 3.63) is 53.1 Å². The minimum atomic E-state index is -0.236. The average molecular weight is 387 g/mol. The monoisotopic (exact) mass is 386 g/mol. The van der Waals surface area contributed by atoms with Gasteiger partial charge in [-0.05, 0) is 44.0 Å². The van der Waals surface area contributed by atoms with E-state index >= 15 is 0 Å². The summed E-state index contributed by atoms with van der Waals surface area (Å²) in [5.74, 6) is 1.52. The van der Waals surface area contributed by atoms with E-state index in [0.29, 0.717) is 23.1 Å². The average Bonchev–Trinajstić information content (AvgIpc) is 3.25. The minimum absolute atomic E-state index is 0.0874. The zero-order valence-electron chi connectivity index (χ0n) is 15.5. The normalized spacial score (nSPS) is 22.2. The highest BCUT2D eigenvalue weighted by Gasteiger charge is 2.50. The van der Waals surface area contributed by atoms with Crippen molar-refractivity contribution in [2.75, 3.05) is 25.2 Å². The van der Waals surface area contributed by atoms with Crippen LogP contribution in [0.2, 0.25) is 5.02 Å². The number of halogens is 1. The Morgan fingerprint density at radius 1 is 1.19 bits per heavy atom. The molecule has 0 saturated carbocycles. The van der Waals surface area contributed by atoms with Crippen molar-refractivity contribution in [3.63, 3.8) is 0 Å². The third-order valence-corrected chi connectivity index (χ3v) is 5.51. The molecule has 0 radical (unpaired) electrons. The third-order valence-electron chi connectivity index (χ3n) is 5.27. The summed E-state index contributed by atoms with van der Waals surface area (Å²) in [5, 5.41) is 0.572. The fourth-order valence-electron chi connectivity index (χ4n) is 4.18. The molecule has 0 aromatic heterocycles. The Labute approximate surface area is 164 Å². The summed E-state index contributed by atoms with van der Waals surface area (Å²) in [7, 11) is 1.61. The van der Waals surface area contributed by atoms with Crippen molar-refractivity contribution in [3.8, 4) is 11.5 Å². The van der Waals surface area contributed by atoms with E-state index in [1.807, 2.05) is 36.1 Å². The fourth-order valence-corrected chi connectivity index (χ4v) is 4.34. The van der Waals surface area contributed by atoms with Gasteiger partial charge < -0.3 is 9.47 Å².